The van der Waals surface area contributed by atoms with E-state index in [4.69, 9.17) is 4.74 Å². The number of hydrogen-bond acceptors (Lipinski definition) is 6. The van der Waals surface area contributed by atoms with E-state index < -0.39 is 5.97 Å². The molecule has 0 fully saturated rings. The zero-order valence-electron chi connectivity index (χ0n) is 14.7. The summed E-state index contributed by atoms with van der Waals surface area (Å²) < 4.78 is 5.06. The zero-order chi connectivity index (χ0) is 19.1. The summed E-state index contributed by atoms with van der Waals surface area (Å²) in [5.74, 6) is -0.409. The Morgan fingerprint density at radius 2 is 1.96 bits per heavy atom. The first-order valence-electron chi connectivity index (χ1n) is 8.37. The largest absolute Gasteiger partial charge is 0.462 e. The van der Waals surface area contributed by atoms with Crippen LogP contribution in [0.5, 0.6) is 0 Å². The van der Waals surface area contributed by atoms with E-state index in [1.165, 1.54) is 11.3 Å². The molecule has 2 aromatic carbocycles. The fourth-order valence-corrected chi connectivity index (χ4v) is 3.22. The molecule has 134 valence electrons. The highest BCUT2D eigenvalue weighted by Crippen LogP contribution is 2.26. The quantitative estimate of drug-likeness (QED) is 0.487. The van der Waals surface area contributed by atoms with Gasteiger partial charge in [-0.25, -0.2) is 9.78 Å². The van der Waals surface area contributed by atoms with Crippen LogP contribution in [0, 0.1) is 11.3 Å². The molecule has 5 nitrogen and oxygen atoms in total. The van der Waals surface area contributed by atoms with Crippen molar-refractivity contribution in [2.24, 2.45) is 0 Å². The molecule has 0 amide bonds. The van der Waals surface area contributed by atoms with E-state index in [0.29, 0.717) is 28.4 Å². The number of benzene rings is 2. The van der Waals surface area contributed by atoms with E-state index in [1.807, 2.05) is 41.8 Å². The first-order chi connectivity index (χ1) is 13.2. The molecule has 0 aliphatic rings. The molecule has 0 atom stereocenters. The molecule has 1 heterocycles. The summed E-state index contributed by atoms with van der Waals surface area (Å²) in [5.41, 5.74) is 3.20. The van der Waals surface area contributed by atoms with Gasteiger partial charge in [0.1, 0.15) is 16.6 Å². The lowest BCUT2D eigenvalue weighted by atomic mass is 10.2. The molecule has 27 heavy (non-hydrogen) atoms. The van der Waals surface area contributed by atoms with E-state index in [9.17, 15) is 10.1 Å². The Bertz CT molecular complexity index is 1000. The van der Waals surface area contributed by atoms with Gasteiger partial charge in [0, 0.05) is 17.1 Å². The second-order valence-electron chi connectivity index (χ2n) is 5.48. The molecule has 6 heteroatoms. The molecule has 0 bridgehead atoms. The summed E-state index contributed by atoms with van der Waals surface area (Å²) in [6.07, 6.45) is 1.56. The molecule has 0 aliphatic carbocycles. The van der Waals surface area contributed by atoms with Crippen LogP contribution in [0.3, 0.4) is 0 Å². The summed E-state index contributed by atoms with van der Waals surface area (Å²) in [7, 11) is 0. The lowest BCUT2D eigenvalue weighted by Gasteiger charge is -2.08. The van der Waals surface area contributed by atoms with Crippen LogP contribution in [0.1, 0.15) is 22.3 Å². The summed E-state index contributed by atoms with van der Waals surface area (Å²) >= 11 is 1.40. The smallest absolute Gasteiger partial charge is 0.340 e. The minimum atomic E-state index is -0.409. The van der Waals surface area contributed by atoms with E-state index in [0.717, 1.165) is 11.3 Å². The SMILES string of the molecule is CCOC(=O)c1ccccc1N/C=C(/C#N)c1nc(-c2ccccc2)cs1. The van der Waals surface area contributed by atoms with Crippen LogP contribution in [-0.2, 0) is 4.74 Å². The lowest BCUT2D eigenvalue weighted by molar-refractivity contribution is 0.0527. The molecule has 0 spiro atoms. The lowest BCUT2D eigenvalue weighted by Crippen LogP contribution is -2.07. The second kappa shape index (κ2) is 8.79. The third kappa shape index (κ3) is 4.40. The van der Waals surface area contributed by atoms with E-state index in [2.05, 4.69) is 16.4 Å². The highest BCUT2D eigenvalue weighted by Gasteiger charge is 2.12. The number of rotatable bonds is 6. The van der Waals surface area contributed by atoms with Gasteiger partial charge in [0.15, 0.2) is 0 Å². The van der Waals surface area contributed by atoms with Crippen molar-refractivity contribution in [3.05, 3.63) is 76.7 Å². The number of carbonyl (C=O) groups excluding carboxylic acids is 1. The molecule has 0 unspecified atom stereocenters. The number of thiazole rings is 1. The normalized spacial score (nSPS) is 10.9. The van der Waals surface area contributed by atoms with E-state index in [-0.39, 0.29) is 0 Å². The average Bonchev–Trinajstić information content (AvgIpc) is 3.20. The number of ether oxygens (including phenoxy) is 1. The maximum atomic E-state index is 12.1. The number of esters is 1. The molecule has 0 aliphatic heterocycles. The minimum Gasteiger partial charge on any atom is -0.462 e. The molecule has 0 radical (unpaired) electrons. The summed E-state index contributed by atoms with van der Waals surface area (Å²) in [4.78, 5) is 16.6. The summed E-state index contributed by atoms with van der Waals surface area (Å²) in [5, 5.41) is 15.1. The zero-order valence-corrected chi connectivity index (χ0v) is 15.5. The van der Waals surface area contributed by atoms with Crippen molar-refractivity contribution in [2.75, 3.05) is 11.9 Å². The van der Waals surface area contributed by atoms with Crippen molar-refractivity contribution in [3.63, 3.8) is 0 Å². The Kier molecular flexibility index (Phi) is 5.98. The number of nitrogens with one attached hydrogen (secondary N) is 1. The standard InChI is InChI=1S/C21H17N3O2S/c1-2-26-21(25)17-10-6-7-11-18(17)23-13-16(12-22)20-24-19(14-27-20)15-8-4-3-5-9-15/h3-11,13-14,23H,2H2,1H3/b16-13-. The second-order valence-corrected chi connectivity index (χ2v) is 6.34. The Morgan fingerprint density at radius 3 is 2.70 bits per heavy atom. The monoisotopic (exact) mass is 375 g/mol. The van der Waals surface area contributed by atoms with Crippen LogP contribution in [0.2, 0.25) is 0 Å². The van der Waals surface area contributed by atoms with Crippen molar-refractivity contribution in [1.29, 1.82) is 5.26 Å². The Labute approximate surface area is 161 Å². The molecule has 0 saturated heterocycles. The van der Waals surface area contributed by atoms with E-state index >= 15 is 0 Å². The number of para-hydroxylation sites is 1. The topological polar surface area (TPSA) is 75.0 Å². The maximum Gasteiger partial charge on any atom is 0.340 e. The molecular weight excluding hydrogens is 358 g/mol. The fourth-order valence-electron chi connectivity index (χ4n) is 2.43. The van der Waals surface area contributed by atoms with Gasteiger partial charge in [0.2, 0.25) is 0 Å². The Balaban J connectivity index is 1.84. The third-order valence-electron chi connectivity index (χ3n) is 3.72. The number of nitrogens with zero attached hydrogens (tertiary/aromatic N) is 2. The summed E-state index contributed by atoms with van der Waals surface area (Å²) in [6, 6.07) is 19.0. The molecular formula is C21H17N3O2S. The predicted molar refractivity (Wildman–Crippen MR) is 107 cm³/mol. The van der Waals surface area contributed by atoms with Gasteiger partial charge in [-0.1, -0.05) is 42.5 Å². The highest BCUT2D eigenvalue weighted by molar-refractivity contribution is 7.11. The Hall–Kier alpha value is -3.43. The first-order valence-corrected chi connectivity index (χ1v) is 9.25. The van der Waals surface area contributed by atoms with Crippen LogP contribution in [-0.4, -0.2) is 17.6 Å². The molecule has 3 rings (SSSR count). The van der Waals surface area contributed by atoms with Crippen LogP contribution in [0.25, 0.3) is 16.8 Å². The molecule has 1 N–H and O–H groups in total. The van der Waals surface area contributed by atoms with Crippen molar-refractivity contribution < 1.29 is 9.53 Å². The van der Waals surface area contributed by atoms with Crippen molar-refractivity contribution >= 4 is 28.6 Å². The number of carbonyl (C=O) groups is 1. The van der Waals surface area contributed by atoms with Gasteiger partial charge in [0.05, 0.1) is 23.6 Å². The highest BCUT2D eigenvalue weighted by atomic mass is 32.1. The third-order valence-corrected chi connectivity index (χ3v) is 4.59. The molecule has 1 aromatic heterocycles. The molecule has 0 saturated carbocycles. The van der Waals surface area contributed by atoms with Gasteiger partial charge in [-0.05, 0) is 19.1 Å². The van der Waals surface area contributed by atoms with E-state index in [1.54, 1.807) is 31.3 Å². The van der Waals surface area contributed by atoms with Crippen molar-refractivity contribution in [3.8, 4) is 17.3 Å². The van der Waals surface area contributed by atoms with Crippen molar-refractivity contribution in [1.82, 2.24) is 4.98 Å². The van der Waals surface area contributed by atoms with Crippen LogP contribution < -0.4 is 5.32 Å². The van der Waals surface area contributed by atoms with Gasteiger partial charge in [-0.3, -0.25) is 0 Å². The number of hydrogen-bond donors (Lipinski definition) is 1. The summed E-state index contributed by atoms with van der Waals surface area (Å²) in [6.45, 7) is 2.06. The van der Waals surface area contributed by atoms with Gasteiger partial charge in [0.25, 0.3) is 0 Å². The van der Waals surface area contributed by atoms with Gasteiger partial charge in [-0.2, -0.15) is 5.26 Å². The number of aromatic nitrogens is 1. The van der Waals surface area contributed by atoms with Gasteiger partial charge < -0.3 is 10.1 Å². The predicted octanol–water partition coefficient (Wildman–Crippen LogP) is 4.96. The average molecular weight is 375 g/mol. The first kappa shape index (κ1) is 18.4. The minimum absolute atomic E-state index is 0.299. The van der Waals surface area contributed by atoms with Crippen LogP contribution in [0.4, 0.5) is 5.69 Å². The van der Waals surface area contributed by atoms with Crippen LogP contribution in [0.15, 0.2) is 66.2 Å². The number of nitriles is 1. The fraction of sp³-hybridized carbons (Fsp3) is 0.0952. The maximum absolute atomic E-state index is 12.1. The Morgan fingerprint density at radius 1 is 1.22 bits per heavy atom. The molecule has 3 aromatic rings. The van der Waals surface area contributed by atoms with Crippen LogP contribution >= 0.6 is 11.3 Å². The number of allylic oxidation sites excluding steroid dienone is 1. The number of anilines is 1. The van der Waals surface area contributed by atoms with Gasteiger partial charge >= 0.3 is 5.97 Å². The van der Waals surface area contributed by atoms with Gasteiger partial charge in [-0.15, -0.1) is 11.3 Å². The van der Waals surface area contributed by atoms with Crippen molar-refractivity contribution in [2.45, 2.75) is 6.92 Å².